The Bertz CT molecular complexity index is 524. The highest BCUT2D eigenvalue weighted by Gasteiger charge is 2.29. The van der Waals surface area contributed by atoms with E-state index in [1.807, 2.05) is 0 Å². The number of nitro groups is 1. The summed E-state index contributed by atoms with van der Waals surface area (Å²) in [5, 5.41) is 27.9. The smallest absolute Gasteiger partial charge is 0.269 e. The van der Waals surface area contributed by atoms with Gasteiger partial charge in [-0.1, -0.05) is 0 Å². The van der Waals surface area contributed by atoms with Crippen LogP contribution >= 0.6 is 0 Å². The van der Waals surface area contributed by atoms with Crippen molar-refractivity contribution in [2.75, 3.05) is 12.9 Å². The van der Waals surface area contributed by atoms with Crippen molar-refractivity contribution in [3.05, 3.63) is 39.9 Å². The van der Waals surface area contributed by atoms with Gasteiger partial charge in [-0.25, -0.2) is 8.42 Å². The molecule has 1 rings (SSSR count). The number of rotatable bonds is 5. The summed E-state index contributed by atoms with van der Waals surface area (Å²) >= 11 is 0. The average molecular weight is 275 g/mol. The van der Waals surface area contributed by atoms with Crippen LogP contribution in [-0.2, 0) is 9.84 Å². The highest BCUT2D eigenvalue weighted by atomic mass is 32.2. The van der Waals surface area contributed by atoms with Crippen molar-refractivity contribution in [2.24, 2.45) is 0 Å². The Morgan fingerprint density at radius 3 is 2.17 bits per heavy atom. The molecule has 18 heavy (non-hydrogen) atoms. The van der Waals surface area contributed by atoms with E-state index in [9.17, 15) is 23.6 Å². The van der Waals surface area contributed by atoms with Crippen LogP contribution in [0, 0.1) is 10.1 Å². The molecule has 0 aliphatic heterocycles. The molecule has 0 fully saturated rings. The number of hydrogen-bond donors (Lipinski definition) is 2. The zero-order chi connectivity index (χ0) is 13.9. The standard InChI is InChI=1S/C10H13NO6S/c1-18(16,17)9(6-12)10(13)7-2-4-8(5-3-7)11(14)15/h2-5,9-10,12-13H,6H2,1H3/t9-,10-/m1/s1. The van der Waals surface area contributed by atoms with E-state index in [0.717, 1.165) is 18.4 Å². The molecule has 0 amide bonds. The Kier molecular flexibility index (Phi) is 4.38. The molecular weight excluding hydrogens is 262 g/mol. The van der Waals surface area contributed by atoms with Crippen LogP contribution in [0.2, 0.25) is 0 Å². The topological polar surface area (TPSA) is 118 Å². The molecular formula is C10H13NO6S. The van der Waals surface area contributed by atoms with Crippen molar-refractivity contribution in [3.8, 4) is 0 Å². The minimum Gasteiger partial charge on any atom is -0.395 e. The SMILES string of the molecule is CS(=O)(=O)[C@H](CO)[C@H](O)c1ccc([N+](=O)[O-])cc1. The van der Waals surface area contributed by atoms with Gasteiger partial charge in [-0.05, 0) is 17.7 Å². The fraction of sp³-hybridized carbons (Fsp3) is 0.400. The number of nitrogens with zero attached hydrogens (tertiary/aromatic N) is 1. The molecule has 0 aliphatic rings. The second-order valence-corrected chi connectivity index (χ2v) is 6.11. The van der Waals surface area contributed by atoms with E-state index in [-0.39, 0.29) is 11.3 Å². The molecule has 100 valence electrons. The van der Waals surface area contributed by atoms with Crippen molar-refractivity contribution in [2.45, 2.75) is 11.4 Å². The lowest BCUT2D eigenvalue weighted by Gasteiger charge is -2.19. The van der Waals surface area contributed by atoms with Crippen LogP contribution in [0.5, 0.6) is 0 Å². The molecule has 2 N–H and O–H groups in total. The Hall–Kier alpha value is -1.51. The zero-order valence-corrected chi connectivity index (χ0v) is 10.4. The van der Waals surface area contributed by atoms with Gasteiger partial charge in [0.1, 0.15) is 5.25 Å². The predicted molar refractivity (Wildman–Crippen MR) is 63.8 cm³/mol. The molecule has 1 aromatic carbocycles. The summed E-state index contributed by atoms with van der Waals surface area (Å²) < 4.78 is 22.6. The molecule has 7 nitrogen and oxygen atoms in total. The molecule has 0 heterocycles. The molecule has 1 aromatic rings. The Morgan fingerprint density at radius 1 is 1.33 bits per heavy atom. The van der Waals surface area contributed by atoms with Crippen LogP contribution in [-0.4, -0.2) is 41.7 Å². The lowest BCUT2D eigenvalue weighted by atomic mass is 10.1. The zero-order valence-electron chi connectivity index (χ0n) is 9.55. The highest BCUT2D eigenvalue weighted by molar-refractivity contribution is 7.91. The van der Waals surface area contributed by atoms with Crippen LogP contribution in [0.15, 0.2) is 24.3 Å². The molecule has 0 saturated heterocycles. The van der Waals surface area contributed by atoms with Gasteiger partial charge in [0.25, 0.3) is 5.69 Å². The second-order valence-electron chi connectivity index (χ2n) is 3.84. The van der Waals surface area contributed by atoms with Crippen molar-refractivity contribution in [3.63, 3.8) is 0 Å². The van der Waals surface area contributed by atoms with E-state index < -0.39 is 32.7 Å². The van der Waals surface area contributed by atoms with Gasteiger partial charge >= 0.3 is 0 Å². The lowest BCUT2D eigenvalue weighted by molar-refractivity contribution is -0.384. The summed E-state index contributed by atoms with van der Waals surface area (Å²) in [5.74, 6) is 0. The van der Waals surface area contributed by atoms with E-state index in [1.54, 1.807) is 0 Å². The summed E-state index contributed by atoms with van der Waals surface area (Å²) in [4.78, 5) is 9.84. The molecule has 0 spiro atoms. The van der Waals surface area contributed by atoms with Gasteiger partial charge in [-0.2, -0.15) is 0 Å². The Morgan fingerprint density at radius 2 is 1.83 bits per heavy atom. The molecule has 0 saturated carbocycles. The molecule has 8 heteroatoms. The fourth-order valence-corrected chi connectivity index (χ4v) is 2.37. The highest BCUT2D eigenvalue weighted by Crippen LogP contribution is 2.23. The Balaban J connectivity index is 3.03. The maximum absolute atomic E-state index is 11.3. The van der Waals surface area contributed by atoms with Crippen LogP contribution < -0.4 is 0 Å². The van der Waals surface area contributed by atoms with E-state index in [0.29, 0.717) is 0 Å². The van der Waals surface area contributed by atoms with Gasteiger partial charge in [-0.15, -0.1) is 0 Å². The maximum Gasteiger partial charge on any atom is 0.269 e. The van der Waals surface area contributed by atoms with Gasteiger partial charge in [-0.3, -0.25) is 10.1 Å². The van der Waals surface area contributed by atoms with E-state index in [1.165, 1.54) is 12.1 Å². The van der Waals surface area contributed by atoms with E-state index in [4.69, 9.17) is 5.11 Å². The van der Waals surface area contributed by atoms with Crippen molar-refractivity contribution in [1.29, 1.82) is 0 Å². The van der Waals surface area contributed by atoms with Crippen molar-refractivity contribution < 1.29 is 23.6 Å². The summed E-state index contributed by atoms with van der Waals surface area (Å²) in [6.07, 6.45) is -0.520. The van der Waals surface area contributed by atoms with Crippen LogP contribution in [0.3, 0.4) is 0 Å². The van der Waals surface area contributed by atoms with Gasteiger partial charge in [0, 0.05) is 18.4 Å². The van der Waals surface area contributed by atoms with Crippen molar-refractivity contribution >= 4 is 15.5 Å². The monoisotopic (exact) mass is 275 g/mol. The third-order valence-electron chi connectivity index (χ3n) is 2.53. The third kappa shape index (κ3) is 3.25. The number of benzene rings is 1. The predicted octanol–water partition coefficient (Wildman–Crippen LogP) is 0.0337. The van der Waals surface area contributed by atoms with Gasteiger partial charge in [0.2, 0.25) is 0 Å². The first-order valence-corrected chi connectivity index (χ1v) is 6.95. The van der Waals surface area contributed by atoms with E-state index in [2.05, 4.69) is 0 Å². The number of aliphatic hydroxyl groups is 2. The molecule has 0 aliphatic carbocycles. The van der Waals surface area contributed by atoms with Gasteiger partial charge in [0.05, 0.1) is 17.6 Å². The first-order valence-electron chi connectivity index (χ1n) is 4.99. The van der Waals surface area contributed by atoms with Gasteiger partial charge < -0.3 is 10.2 Å². The van der Waals surface area contributed by atoms with Crippen LogP contribution in [0.4, 0.5) is 5.69 Å². The van der Waals surface area contributed by atoms with Crippen LogP contribution in [0.1, 0.15) is 11.7 Å². The number of nitro benzene ring substituents is 1. The van der Waals surface area contributed by atoms with Crippen molar-refractivity contribution in [1.82, 2.24) is 0 Å². The number of aliphatic hydroxyl groups excluding tert-OH is 2. The fourth-order valence-electron chi connectivity index (χ4n) is 1.48. The lowest BCUT2D eigenvalue weighted by Crippen LogP contribution is -2.31. The first kappa shape index (κ1) is 14.6. The average Bonchev–Trinajstić information content (AvgIpc) is 2.28. The minimum atomic E-state index is -3.62. The largest absolute Gasteiger partial charge is 0.395 e. The van der Waals surface area contributed by atoms with Gasteiger partial charge in [0.15, 0.2) is 9.84 Å². The van der Waals surface area contributed by atoms with E-state index >= 15 is 0 Å². The number of hydrogen-bond acceptors (Lipinski definition) is 6. The second kappa shape index (κ2) is 5.42. The molecule has 2 atom stereocenters. The summed E-state index contributed by atoms with van der Waals surface area (Å²) in [6.45, 7) is -0.725. The normalized spacial score (nSPS) is 15.1. The first-order chi connectivity index (χ1) is 8.27. The summed E-state index contributed by atoms with van der Waals surface area (Å²) in [7, 11) is -3.62. The van der Waals surface area contributed by atoms with Crippen LogP contribution in [0.25, 0.3) is 0 Å². The molecule has 0 radical (unpaired) electrons. The maximum atomic E-state index is 11.3. The molecule has 0 bridgehead atoms. The minimum absolute atomic E-state index is 0.161. The summed E-state index contributed by atoms with van der Waals surface area (Å²) in [5.41, 5.74) is 0.0379. The summed E-state index contributed by atoms with van der Waals surface area (Å²) in [6, 6.07) is 4.85. The molecule has 0 aromatic heterocycles. The number of non-ortho nitro benzene ring substituents is 1. The third-order valence-corrected chi connectivity index (χ3v) is 4.03. The quantitative estimate of drug-likeness (QED) is 0.578. The Labute approximate surface area is 104 Å². The number of sulfone groups is 1. The molecule has 0 unspecified atom stereocenters.